The molecule has 0 bridgehead atoms. The number of hydrogen-bond acceptors (Lipinski definition) is 1. The van der Waals surface area contributed by atoms with Gasteiger partial charge < -0.3 is 5.32 Å². The fourth-order valence-corrected chi connectivity index (χ4v) is 2.53. The summed E-state index contributed by atoms with van der Waals surface area (Å²) in [6, 6.07) is 7.16. The molecule has 1 unspecified atom stereocenters. The Morgan fingerprint density at radius 3 is 2.69 bits per heavy atom. The molecule has 1 N–H and O–H groups in total. The molecule has 1 saturated carbocycles. The molecular weight excluding hydrogens is 201 g/mol. The Labute approximate surface area is 97.1 Å². The predicted octanol–water partition coefficient (Wildman–Crippen LogP) is 3.00. The van der Waals surface area contributed by atoms with Gasteiger partial charge in [-0.2, -0.15) is 0 Å². The third-order valence-electron chi connectivity index (χ3n) is 3.72. The van der Waals surface area contributed by atoms with E-state index in [0.29, 0.717) is 5.92 Å². The van der Waals surface area contributed by atoms with Gasteiger partial charge in [-0.3, -0.25) is 0 Å². The molecule has 16 heavy (non-hydrogen) atoms. The molecule has 1 aliphatic rings. The standard InChI is InChI=1S/C14H20FN/c1-16-10-13(11-6-4-7-11)9-12-5-2-3-8-14(12)15/h2-3,5,8,11,13,16H,4,6-7,9-10H2,1H3. The minimum atomic E-state index is -0.0528. The molecule has 1 aromatic rings. The molecule has 0 amide bonds. The predicted molar refractivity (Wildman–Crippen MR) is 64.9 cm³/mol. The van der Waals surface area contributed by atoms with Crippen molar-refractivity contribution in [2.24, 2.45) is 11.8 Å². The average molecular weight is 221 g/mol. The Hall–Kier alpha value is -0.890. The van der Waals surface area contributed by atoms with Gasteiger partial charge in [-0.25, -0.2) is 4.39 Å². The summed E-state index contributed by atoms with van der Waals surface area (Å²) in [5.74, 6) is 1.34. The molecule has 0 aromatic heterocycles. The van der Waals surface area contributed by atoms with Crippen LogP contribution in [-0.2, 0) is 6.42 Å². The quantitative estimate of drug-likeness (QED) is 0.806. The van der Waals surface area contributed by atoms with Crippen LogP contribution in [0.3, 0.4) is 0 Å². The fraction of sp³-hybridized carbons (Fsp3) is 0.571. The molecule has 2 heteroatoms. The summed E-state index contributed by atoms with van der Waals surface area (Å²) in [6.07, 6.45) is 4.86. The van der Waals surface area contributed by atoms with E-state index in [1.54, 1.807) is 12.1 Å². The second-order valence-corrected chi connectivity index (χ2v) is 4.80. The molecule has 1 atom stereocenters. The van der Waals surface area contributed by atoms with Gasteiger partial charge in [0.15, 0.2) is 0 Å². The molecule has 0 heterocycles. The van der Waals surface area contributed by atoms with E-state index < -0.39 is 0 Å². The summed E-state index contributed by atoms with van der Waals surface area (Å²) in [5, 5.41) is 3.23. The maximum Gasteiger partial charge on any atom is 0.126 e. The van der Waals surface area contributed by atoms with Crippen LogP contribution in [0.4, 0.5) is 4.39 Å². The first-order chi connectivity index (χ1) is 7.81. The van der Waals surface area contributed by atoms with Crippen LogP contribution >= 0.6 is 0 Å². The van der Waals surface area contributed by atoms with Crippen molar-refractivity contribution in [3.05, 3.63) is 35.6 Å². The molecule has 1 fully saturated rings. The van der Waals surface area contributed by atoms with Gasteiger partial charge in [0.05, 0.1) is 0 Å². The first-order valence-electron chi connectivity index (χ1n) is 6.19. The zero-order chi connectivity index (χ0) is 11.4. The van der Waals surface area contributed by atoms with E-state index in [2.05, 4.69) is 5.32 Å². The van der Waals surface area contributed by atoms with Crippen molar-refractivity contribution in [1.29, 1.82) is 0 Å². The summed E-state index contributed by atoms with van der Waals surface area (Å²) >= 11 is 0. The lowest BCUT2D eigenvalue weighted by Crippen LogP contribution is -2.31. The van der Waals surface area contributed by atoms with Gasteiger partial charge in [0.25, 0.3) is 0 Å². The largest absolute Gasteiger partial charge is 0.319 e. The Balaban J connectivity index is 2.01. The van der Waals surface area contributed by atoms with Gasteiger partial charge in [-0.1, -0.05) is 37.5 Å². The van der Waals surface area contributed by atoms with Crippen molar-refractivity contribution < 1.29 is 4.39 Å². The molecular formula is C14H20FN. The Bertz CT molecular complexity index is 333. The average Bonchev–Trinajstić information content (AvgIpc) is 2.19. The van der Waals surface area contributed by atoms with Gasteiger partial charge in [0.1, 0.15) is 5.82 Å². The van der Waals surface area contributed by atoms with E-state index in [-0.39, 0.29) is 5.82 Å². The van der Waals surface area contributed by atoms with Crippen LogP contribution in [0.25, 0.3) is 0 Å². The Morgan fingerprint density at radius 2 is 2.12 bits per heavy atom. The third kappa shape index (κ3) is 2.62. The van der Waals surface area contributed by atoms with Gasteiger partial charge in [-0.15, -0.1) is 0 Å². The number of benzene rings is 1. The van der Waals surface area contributed by atoms with Crippen molar-refractivity contribution in [1.82, 2.24) is 5.32 Å². The molecule has 1 aromatic carbocycles. The van der Waals surface area contributed by atoms with Crippen molar-refractivity contribution in [2.75, 3.05) is 13.6 Å². The van der Waals surface area contributed by atoms with E-state index >= 15 is 0 Å². The van der Waals surface area contributed by atoms with E-state index in [0.717, 1.165) is 24.4 Å². The van der Waals surface area contributed by atoms with Crippen molar-refractivity contribution in [2.45, 2.75) is 25.7 Å². The van der Waals surface area contributed by atoms with Gasteiger partial charge >= 0.3 is 0 Å². The van der Waals surface area contributed by atoms with Crippen LogP contribution in [-0.4, -0.2) is 13.6 Å². The summed E-state index contributed by atoms with van der Waals surface area (Å²) in [5.41, 5.74) is 0.870. The van der Waals surface area contributed by atoms with E-state index in [1.165, 1.54) is 19.3 Å². The SMILES string of the molecule is CNCC(Cc1ccccc1F)C1CCC1. The van der Waals surface area contributed by atoms with Crippen LogP contribution in [0.5, 0.6) is 0 Å². The fourth-order valence-electron chi connectivity index (χ4n) is 2.53. The van der Waals surface area contributed by atoms with Crippen LogP contribution in [0.15, 0.2) is 24.3 Å². The lowest BCUT2D eigenvalue weighted by atomic mass is 9.73. The summed E-state index contributed by atoms with van der Waals surface area (Å²) < 4.78 is 13.6. The monoisotopic (exact) mass is 221 g/mol. The molecule has 0 radical (unpaired) electrons. The second-order valence-electron chi connectivity index (χ2n) is 4.80. The number of nitrogens with one attached hydrogen (secondary N) is 1. The highest BCUT2D eigenvalue weighted by atomic mass is 19.1. The molecule has 0 saturated heterocycles. The van der Waals surface area contributed by atoms with Crippen LogP contribution in [0, 0.1) is 17.7 Å². The second kappa shape index (κ2) is 5.44. The molecule has 0 aliphatic heterocycles. The molecule has 0 spiro atoms. The highest BCUT2D eigenvalue weighted by molar-refractivity contribution is 5.18. The zero-order valence-electron chi connectivity index (χ0n) is 9.88. The third-order valence-corrected chi connectivity index (χ3v) is 3.72. The van der Waals surface area contributed by atoms with Crippen molar-refractivity contribution >= 4 is 0 Å². The first kappa shape index (κ1) is 11.6. The van der Waals surface area contributed by atoms with Gasteiger partial charge in [0.2, 0.25) is 0 Å². The lowest BCUT2D eigenvalue weighted by molar-refractivity contribution is 0.201. The summed E-state index contributed by atoms with van der Waals surface area (Å²) in [6.45, 7) is 0.999. The van der Waals surface area contributed by atoms with E-state index in [1.807, 2.05) is 19.2 Å². The number of rotatable bonds is 5. The maximum absolute atomic E-state index is 13.6. The highest BCUT2D eigenvalue weighted by Crippen LogP contribution is 2.35. The molecule has 1 aliphatic carbocycles. The topological polar surface area (TPSA) is 12.0 Å². The number of hydrogen-bond donors (Lipinski definition) is 1. The maximum atomic E-state index is 13.6. The number of halogens is 1. The van der Waals surface area contributed by atoms with Crippen LogP contribution in [0.1, 0.15) is 24.8 Å². The molecule has 1 nitrogen and oxygen atoms in total. The smallest absolute Gasteiger partial charge is 0.126 e. The van der Waals surface area contributed by atoms with Crippen LogP contribution in [0.2, 0.25) is 0 Å². The Morgan fingerprint density at radius 1 is 1.38 bits per heavy atom. The van der Waals surface area contributed by atoms with Crippen molar-refractivity contribution in [3.63, 3.8) is 0 Å². The normalized spacial score (nSPS) is 18.1. The first-order valence-corrected chi connectivity index (χ1v) is 6.19. The van der Waals surface area contributed by atoms with E-state index in [9.17, 15) is 4.39 Å². The van der Waals surface area contributed by atoms with Crippen molar-refractivity contribution in [3.8, 4) is 0 Å². The lowest BCUT2D eigenvalue weighted by Gasteiger charge is -2.34. The minimum Gasteiger partial charge on any atom is -0.319 e. The highest BCUT2D eigenvalue weighted by Gasteiger charge is 2.27. The summed E-state index contributed by atoms with van der Waals surface area (Å²) in [7, 11) is 1.98. The summed E-state index contributed by atoms with van der Waals surface area (Å²) in [4.78, 5) is 0. The minimum absolute atomic E-state index is 0.0528. The Kier molecular flexibility index (Phi) is 3.94. The molecule has 2 rings (SSSR count). The molecule has 88 valence electrons. The van der Waals surface area contributed by atoms with E-state index in [4.69, 9.17) is 0 Å². The van der Waals surface area contributed by atoms with Gasteiger partial charge in [-0.05, 0) is 43.5 Å². The van der Waals surface area contributed by atoms with Crippen LogP contribution < -0.4 is 5.32 Å². The van der Waals surface area contributed by atoms with Gasteiger partial charge in [0, 0.05) is 0 Å². The zero-order valence-corrected chi connectivity index (χ0v) is 9.88.